The molecule has 2 N–H and O–H groups in total. The van der Waals surface area contributed by atoms with E-state index in [-0.39, 0.29) is 6.04 Å². The van der Waals surface area contributed by atoms with Crippen molar-refractivity contribution in [3.8, 4) is 0 Å². The molecule has 1 aliphatic rings. The quantitative estimate of drug-likeness (QED) is 0.846. The van der Waals surface area contributed by atoms with Gasteiger partial charge in [0.1, 0.15) is 0 Å². The van der Waals surface area contributed by atoms with Gasteiger partial charge in [0.25, 0.3) is 0 Å². The predicted octanol–water partition coefficient (Wildman–Crippen LogP) is 2.53. The summed E-state index contributed by atoms with van der Waals surface area (Å²) >= 11 is 1.97. The van der Waals surface area contributed by atoms with E-state index in [0.717, 1.165) is 35.6 Å². The number of rotatable bonds is 6. The lowest BCUT2D eigenvalue weighted by Crippen LogP contribution is -2.15. The Hall–Kier alpha value is -0.550. The number of aromatic nitrogens is 2. The topological polar surface area (TPSA) is 64.9 Å². The van der Waals surface area contributed by atoms with Gasteiger partial charge in [-0.1, -0.05) is 18.0 Å². The molecular formula is C12H21N3OS. The number of aryl methyl sites for hydroxylation is 1. The number of nitrogens with two attached hydrogens (primary N) is 1. The van der Waals surface area contributed by atoms with Gasteiger partial charge in [-0.2, -0.15) is 16.7 Å². The van der Waals surface area contributed by atoms with Crippen molar-refractivity contribution >= 4 is 11.8 Å². The maximum Gasteiger partial charge on any atom is 0.226 e. The van der Waals surface area contributed by atoms with Gasteiger partial charge >= 0.3 is 0 Å². The molecule has 96 valence electrons. The van der Waals surface area contributed by atoms with Crippen LogP contribution in [0.15, 0.2) is 4.52 Å². The van der Waals surface area contributed by atoms with E-state index in [1.165, 1.54) is 25.7 Å². The Balaban J connectivity index is 1.73. The number of thioether (sulfide) groups is 1. The lowest BCUT2D eigenvalue weighted by molar-refractivity contribution is 0.368. The Labute approximate surface area is 107 Å². The molecular weight excluding hydrogens is 234 g/mol. The van der Waals surface area contributed by atoms with Crippen LogP contribution in [-0.2, 0) is 12.2 Å². The van der Waals surface area contributed by atoms with Crippen molar-refractivity contribution < 1.29 is 4.52 Å². The Morgan fingerprint density at radius 1 is 1.47 bits per heavy atom. The molecule has 1 aromatic heterocycles. The van der Waals surface area contributed by atoms with Crippen LogP contribution >= 0.6 is 11.8 Å². The summed E-state index contributed by atoms with van der Waals surface area (Å²) in [6, 6.07) is 0.193. The lowest BCUT2D eigenvalue weighted by atomic mass is 10.2. The van der Waals surface area contributed by atoms with E-state index in [1.807, 2.05) is 18.7 Å². The van der Waals surface area contributed by atoms with Crippen LogP contribution in [0.25, 0.3) is 0 Å². The third-order valence-corrected chi connectivity index (χ3v) is 4.44. The molecule has 0 amide bonds. The highest BCUT2D eigenvalue weighted by Gasteiger charge is 2.16. The van der Waals surface area contributed by atoms with Crippen molar-refractivity contribution in [3.63, 3.8) is 0 Å². The fourth-order valence-electron chi connectivity index (χ4n) is 2.05. The Morgan fingerprint density at radius 2 is 2.24 bits per heavy atom. The summed E-state index contributed by atoms with van der Waals surface area (Å²) in [6.07, 6.45) is 7.14. The van der Waals surface area contributed by atoms with Crippen LogP contribution < -0.4 is 5.73 Å². The largest absolute Gasteiger partial charge is 0.339 e. The standard InChI is InChI=1S/C12H21N3OS/c1-9(13)6-7-12-14-11(15-16-12)8-17-10-4-2-3-5-10/h9-10H,2-8,13H2,1H3. The highest BCUT2D eigenvalue weighted by Crippen LogP contribution is 2.30. The molecule has 1 unspecified atom stereocenters. The molecule has 0 spiro atoms. The van der Waals surface area contributed by atoms with Gasteiger partial charge in [0.15, 0.2) is 5.82 Å². The van der Waals surface area contributed by atoms with Crippen molar-refractivity contribution in [3.05, 3.63) is 11.7 Å². The highest BCUT2D eigenvalue weighted by molar-refractivity contribution is 7.99. The second-order valence-electron chi connectivity index (χ2n) is 4.84. The van der Waals surface area contributed by atoms with E-state index in [9.17, 15) is 0 Å². The average Bonchev–Trinajstić information content (AvgIpc) is 2.95. The molecule has 0 radical (unpaired) electrons. The van der Waals surface area contributed by atoms with Gasteiger partial charge in [0, 0.05) is 17.7 Å². The van der Waals surface area contributed by atoms with E-state index in [1.54, 1.807) is 0 Å². The summed E-state index contributed by atoms with van der Waals surface area (Å²) in [5, 5.41) is 4.81. The average molecular weight is 255 g/mol. The zero-order chi connectivity index (χ0) is 12.1. The normalized spacial score (nSPS) is 18.7. The molecule has 1 aromatic rings. The molecule has 0 saturated heterocycles. The summed E-state index contributed by atoms with van der Waals surface area (Å²) in [5.41, 5.74) is 5.69. The Bertz CT molecular complexity index is 334. The molecule has 2 rings (SSSR count). The van der Waals surface area contributed by atoms with Crippen molar-refractivity contribution in [1.82, 2.24) is 10.1 Å². The summed E-state index contributed by atoms with van der Waals surface area (Å²) in [7, 11) is 0. The van der Waals surface area contributed by atoms with Crippen LogP contribution in [0.2, 0.25) is 0 Å². The lowest BCUT2D eigenvalue weighted by Gasteiger charge is -2.04. The van der Waals surface area contributed by atoms with Gasteiger partial charge in [0.05, 0.1) is 5.75 Å². The molecule has 1 atom stereocenters. The first-order valence-corrected chi connectivity index (χ1v) is 7.47. The minimum atomic E-state index is 0.193. The zero-order valence-corrected chi connectivity index (χ0v) is 11.2. The Morgan fingerprint density at radius 3 is 2.94 bits per heavy atom. The first-order valence-electron chi connectivity index (χ1n) is 6.42. The van der Waals surface area contributed by atoms with Crippen molar-refractivity contribution in [2.75, 3.05) is 0 Å². The van der Waals surface area contributed by atoms with Gasteiger partial charge in [-0.05, 0) is 26.2 Å². The smallest absolute Gasteiger partial charge is 0.226 e. The van der Waals surface area contributed by atoms with Gasteiger partial charge < -0.3 is 10.3 Å². The predicted molar refractivity (Wildman–Crippen MR) is 69.8 cm³/mol. The SMILES string of the molecule is CC(N)CCc1nc(CSC2CCCC2)no1. The van der Waals surface area contributed by atoms with Crippen LogP contribution in [0, 0.1) is 0 Å². The second-order valence-corrected chi connectivity index (χ2v) is 6.13. The number of hydrogen-bond donors (Lipinski definition) is 1. The molecule has 5 heteroatoms. The minimum Gasteiger partial charge on any atom is -0.339 e. The molecule has 0 aromatic carbocycles. The molecule has 1 aliphatic carbocycles. The molecule has 0 bridgehead atoms. The molecule has 1 heterocycles. The van der Waals surface area contributed by atoms with Crippen molar-refractivity contribution in [2.24, 2.45) is 5.73 Å². The molecule has 17 heavy (non-hydrogen) atoms. The zero-order valence-electron chi connectivity index (χ0n) is 10.4. The van der Waals surface area contributed by atoms with E-state index in [4.69, 9.17) is 10.3 Å². The molecule has 1 saturated carbocycles. The maximum atomic E-state index is 5.69. The first-order chi connectivity index (χ1) is 8.24. The van der Waals surface area contributed by atoms with E-state index in [2.05, 4.69) is 10.1 Å². The van der Waals surface area contributed by atoms with Gasteiger partial charge in [-0.3, -0.25) is 0 Å². The monoisotopic (exact) mass is 255 g/mol. The van der Waals surface area contributed by atoms with Crippen LogP contribution in [0.5, 0.6) is 0 Å². The maximum absolute atomic E-state index is 5.69. The van der Waals surface area contributed by atoms with Crippen molar-refractivity contribution in [2.45, 2.75) is 62.5 Å². The van der Waals surface area contributed by atoms with E-state index < -0.39 is 0 Å². The van der Waals surface area contributed by atoms with Crippen LogP contribution in [-0.4, -0.2) is 21.4 Å². The number of hydrogen-bond acceptors (Lipinski definition) is 5. The molecule has 1 fully saturated rings. The third kappa shape index (κ3) is 4.32. The van der Waals surface area contributed by atoms with Crippen LogP contribution in [0.1, 0.15) is 50.7 Å². The van der Waals surface area contributed by atoms with Crippen LogP contribution in [0.3, 0.4) is 0 Å². The highest BCUT2D eigenvalue weighted by atomic mass is 32.2. The summed E-state index contributed by atoms with van der Waals surface area (Å²) in [6.45, 7) is 1.99. The number of nitrogens with zero attached hydrogens (tertiary/aromatic N) is 2. The summed E-state index contributed by atoms with van der Waals surface area (Å²) in [5.74, 6) is 2.44. The van der Waals surface area contributed by atoms with Gasteiger partial charge in [0.2, 0.25) is 5.89 Å². The van der Waals surface area contributed by atoms with Crippen molar-refractivity contribution in [1.29, 1.82) is 0 Å². The van der Waals surface area contributed by atoms with E-state index in [0.29, 0.717) is 0 Å². The van der Waals surface area contributed by atoms with Gasteiger partial charge in [-0.15, -0.1) is 0 Å². The third-order valence-electron chi connectivity index (χ3n) is 3.07. The Kier molecular flexibility index (Phi) is 4.86. The van der Waals surface area contributed by atoms with Gasteiger partial charge in [-0.25, -0.2) is 0 Å². The van der Waals surface area contributed by atoms with E-state index >= 15 is 0 Å². The summed E-state index contributed by atoms with van der Waals surface area (Å²) < 4.78 is 5.20. The minimum absolute atomic E-state index is 0.193. The second kappa shape index (κ2) is 6.40. The fourth-order valence-corrected chi connectivity index (χ4v) is 3.22. The van der Waals surface area contributed by atoms with Crippen LogP contribution in [0.4, 0.5) is 0 Å². The fraction of sp³-hybridized carbons (Fsp3) is 0.833. The molecule has 4 nitrogen and oxygen atoms in total. The first kappa shape index (κ1) is 12.9. The molecule has 0 aliphatic heterocycles. The summed E-state index contributed by atoms with van der Waals surface area (Å²) in [4.78, 5) is 4.39.